The van der Waals surface area contributed by atoms with Crippen molar-refractivity contribution in [2.75, 3.05) is 0 Å². The molecule has 18 heavy (non-hydrogen) atoms. The van der Waals surface area contributed by atoms with Crippen LogP contribution in [0.4, 0.5) is 0 Å². The van der Waals surface area contributed by atoms with Crippen LogP contribution in [-0.2, 0) is 16.0 Å². The van der Waals surface area contributed by atoms with Gasteiger partial charge < -0.3 is 9.15 Å². The summed E-state index contributed by atoms with van der Waals surface area (Å²) in [5, 5.41) is 0. The molecule has 0 aliphatic carbocycles. The number of hydrogen-bond acceptors (Lipinski definition) is 3. The minimum atomic E-state index is -0.155. The predicted octanol–water partition coefficient (Wildman–Crippen LogP) is 3.42. The number of rotatable bonds is 4. The highest BCUT2D eigenvalue weighted by Gasteiger charge is 2.24. The normalized spacial score (nSPS) is 19.9. The molecule has 1 atom stereocenters. The second-order valence-corrected chi connectivity index (χ2v) is 5.14. The Labute approximate surface area is 108 Å². The summed E-state index contributed by atoms with van der Waals surface area (Å²) < 4.78 is 10.8. The van der Waals surface area contributed by atoms with Gasteiger partial charge in [-0.3, -0.25) is 0 Å². The average Bonchev–Trinajstić information content (AvgIpc) is 2.72. The molecule has 0 bridgehead atoms. The van der Waals surface area contributed by atoms with E-state index in [-0.39, 0.29) is 18.0 Å². The topological polar surface area (TPSA) is 39.4 Å². The van der Waals surface area contributed by atoms with Gasteiger partial charge in [0.2, 0.25) is 0 Å². The van der Waals surface area contributed by atoms with E-state index < -0.39 is 0 Å². The summed E-state index contributed by atoms with van der Waals surface area (Å²) in [6.07, 6.45) is 6.18. The zero-order chi connectivity index (χ0) is 13.1. The maximum Gasteiger partial charge on any atom is 0.334 e. The van der Waals surface area contributed by atoms with Gasteiger partial charge in [-0.05, 0) is 30.9 Å². The van der Waals surface area contributed by atoms with Crippen LogP contribution in [0.5, 0.6) is 0 Å². The fourth-order valence-corrected chi connectivity index (χ4v) is 2.21. The maximum atomic E-state index is 11.8. The molecule has 0 saturated heterocycles. The van der Waals surface area contributed by atoms with Crippen LogP contribution in [0.25, 0.3) is 0 Å². The number of furan rings is 1. The second kappa shape index (κ2) is 5.42. The van der Waals surface area contributed by atoms with Crippen LogP contribution in [0.15, 0.2) is 28.4 Å². The molecule has 98 valence electrons. The quantitative estimate of drug-likeness (QED) is 0.766. The van der Waals surface area contributed by atoms with E-state index in [1.54, 1.807) is 6.26 Å². The van der Waals surface area contributed by atoms with Crippen molar-refractivity contribution < 1.29 is 13.9 Å². The van der Waals surface area contributed by atoms with Gasteiger partial charge in [0.05, 0.1) is 6.26 Å². The van der Waals surface area contributed by atoms with Crippen LogP contribution in [0.1, 0.15) is 38.0 Å². The van der Waals surface area contributed by atoms with Gasteiger partial charge in [0.15, 0.2) is 0 Å². The van der Waals surface area contributed by atoms with Crippen molar-refractivity contribution in [1.82, 2.24) is 0 Å². The van der Waals surface area contributed by atoms with Gasteiger partial charge >= 0.3 is 5.97 Å². The molecule has 0 fully saturated rings. The predicted molar refractivity (Wildman–Crippen MR) is 69.2 cm³/mol. The number of carbonyl (C=O) groups is 1. The van der Waals surface area contributed by atoms with E-state index in [4.69, 9.17) is 9.15 Å². The summed E-state index contributed by atoms with van der Waals surface area (Å²) in [6, 6.07) is 1.96. The first-order chi connectivity index (χ1) is 8.58. The molecule has 3 nitrogen and oxygen atoms in total. The van der Waals surface area contributed by atoms with E-state index in [9.17, 15) is 4.79 Å². The van der Waals surface area contributed by atoms with Crippen molar-refractivity contribution in [3.8, 4) is 0 Å². The molecule has 0 amide bonds. The molecular formula is C15H20O3. The van der Waals surface area contributed by atoms with Crippen LogP contribution in [0, 0.1) is 12.8 Å². The fraction of sp³-hybridized carbons (Fsp3) is 0.533. The molecule has 1 aromatic rings. The van der Waals surface area contributed by atoms with Crippen LogP contribution in [0.3, 0.4) is 0 Å². The van der Waals surface area contributed by atoms with E-state index in [2.05, 4.69) is 0 Å². The standard InChI is InChI=1S/C15H20O3/c1-10(2)13-6-4-12(18-15(13)16)5-7-14-11(3)8-9-17-14/h6,8-10,12H,4-5,7H2,1-3H3. The van der Waals surface area contributed by atoms with E-state index >= 15 is 0 Å². The summed E-state index contributed by atoms with van der Waals surface area (Å²) in [5.41, 5.74) is 1.97. The monoisotopic (exact) mass is 248 g/mol. The number of esters is 1. The third-order valence-corrected chi connectivity index (χ3v) is 3.39. The number of carbonyl (C=O) groups excluding carboxylic acids is 1. The Hall–Kier alpha value is -1.51. The Kier molecular flexibility index (Phi) is 3.90. The summed E-state index contributed by atoms with van der Waals surface area (Å²) >= 11 is 0. The van der Waals surface area contributed by atoms with Crippen LogP contribution < -0.4 is 0 Å². The Morgan fingerprint density at radius 1 is 1.44 bits per heavy atom. The molecule has 0 aromatic carbocycles. The zero-order valence-electron chi connectivity index (χ0n) is 11.2. The van der Waals surface area contributed by atoms with E-state index in [1.165, 1.54) is 0 Å². The highest BCUT2D eigenvalue weighted by Crippen LogP contribution is 2.23. The van der Waals surface area contributed by atoms with Gasteiger partial charge in [-0.1, -0.05) is 19.9 Å². The second-order valence-electron chi connectivity index (χ2n) is 5.14. The highest BCUT2D eigenvalue weighted by molar-refractivity contribution is 5.89. The first-order valence-electron chi connectivity index (χ1n) is 6.52. The summed E-state index contributed by atoms with van der Waals surface area (Å²) in [6.45, 7) is 6.06. The molecule has 1 aliphatic rings. The molecule has 2 rings (SSSR count). The van der Waals surface area contributed by atoms with Gasteiger partial charge in [-0.2, -0.15) is 0 Å². The Balaban J connectivity index is 1.90. The first-order valence-corrected chi connectivity index (χ1v) is 6.52. The molecule has 0 radical (unpaired) electrons. The SMILES string of the molecule is Cc1ccoc1CCC1CC=C(C(C)C)C(=O)O1. The van der Waals surface area contributed by atoms with Crippen molar-refractivity contribution in [1.29, 1.82) is 0 Å². The maximum absolute atomic E-state index is 11.8. The zero-order valence-corrected chi connectivity index (χ0v) is 11.2. The molecule has 0 spiro atoms. The van der Waals surface area contributed by atoms with Gasteiger partial charge in [-0.25, -0.2) is 4.79 Å². The molecule has 3 heteroatoms. The minimum Gasteiger partial charge on any atom is -0.469 e. The van der Waals surface area contributed by atoms with Crippen molar-refractivity contribution in [3.05, 3.63) is 35.3 Å². The lowest BCUT2D eigenvalue weighted by molar-refractivity contribution is -0.146. The highest BCUT2D eigenvalue weighted by atomic mass is 16.5. The molecule has 0 saturated carbocycles. The molecule has 2 heterocycles. The van der Waals surface area contributed by atoms with E-state index in [0.29, 0.717) is 0 Å². The van der Waals surface area contributed by atoms with Crippen molar-refractivity contribution >= 4 is 5.97 Å². The van der Waals surface area contributed by atoms with Crippen molar-refractivity contribution in [2.45, 2.75) is 46.1 Å². The molecular weight excluding hydrogens is 228 g/mol. The lowest BCUT2D eigenvalue weighted by Crippen LogP contribution is -2.26. The first kappa shape index (κ1) is 12.9. The summed E-state index contributed by atoms with van der Waals surface area (Å²) in [5.74, 6) is 1.08. The Morgan fingerprint density at radius 3 is 2.78 bits per heavy atom. The largest absolute Gasteiger partial charge is 0.469 e. The third-order valence-electron chi connectivity index (χ3n) is 3.39. The van der Waals surface area contributed by atoms with Crippen LogP contribution >= 0.6 is 0 Å². The fourth-order valence-electron chi connectivity index (χ4n) is 2.21. The van der Waals surface area contributed by atoms with E-state index in [1.807, 2.05) is 32.9 Å². The third kappa shape index (κ3) is 2.84. The number of cyclic esters (lactones) is 1. The lowest BCUT2D eigenvalue weighted by Gasteiger charge is -2.23. The van der Waals surface area contributed by atoms with Gasteiger partial charge in [0, 0.05) is 18.4 Å². The molecule has 1 aliphatic heterocycles. The average molecular weight is 248 g/mol. The molecule has 1 aromatic heterocycles. The number of hydrogen-bond donors (Lipinski definition) is 0. The summed E-state index contributed by atoms with van der Waals surface area (Å²) in [7, 11) is 0. The molecule has 0 N–H and O–H groups in total. The lowest BCUT2D eigenvalue weighted by atomic mass is 9.97. The van der Waals surface area contributed by atoms with Gasteiger partial charge in [-0.15, -0.1) is 0 Å². The van der Waals surface area contributed by atoms with Crippen molar-refractivity contribution in [2.24, 2.45) is 5.92 Å². The van der Waals surface area contributed by atoms with E-state index in [0.717, 1.165) is 36.2 Å². The summed E-state index contributed by atoms with van der Waals surface area (Å²) in [4.78, 5) is 11.8. The minimum absolute atomic E-state index is 0.00972. The smallest absolute Gasteiger partial charge is 0.334 e. The van der Waals surface area contributed by atoms with Gasteiger partial charge in [0.1, 0.15) is 11.9 Å². The number of aryl methyl sites for hydroxylation is 2. The van der Waals surface area contributed by atoms with Crippen LogP contribution in [0.2, 0.25) is 0 Å². The molecule has 1 unspecified atom stereocenters. The van der Waals surface area contributed by atoms with Crippen molar-refractivity contribution in [3.63, 3.8) is 0 Å². The van der Waals surface area contributed by atoms with Crippen LogP contribution in [-0.4, -0.2) is 12.1 Å². The number of ether oxygens (including phenoxy) is 1. The van der Waals surface area contributed by atoms with Gasteiger partial charge in [0.25, 0.3) is 0 Å². The Morgan fingerprint density at radius 2 is 2.22 bits per heavy atom. The Bertz CT molecular complexity index is 454.